The first-order chi connectivity index (χ1) is 6.33. The van der Waals surface area contributed by atoms with Crippen molar-refractivity contribution in [1.29, 1.82) is 0 Å². The Labute approximate surface area is 80.9 Å². The second kappa shape index (κ2) is 3.97. The smallest absolute Gasteiger partial charge is 0.0434 e. The SMILES string of the molecule is CN1CCC1C(CCO)C1CCC1. The summed E-state index contributed by atoms with van der Waals surface area (Å²) in [6.07, 6.45) is 6.63. The molecule has 0 amide bonds. The molecule has 1 aliphatic heterocycles. The molecule has 2 fully saturated rings. The quantitative estimate of drug-likeness (QED) is 0.714. The molecule has 0 spiro atoms. The van der Waals surface area contributed by atoms with E-state index >= 15 is 0 Å². The minimum Gasteiger partial charge on any atom is -0.396 e. The summed E-state index contributed by atoms with van der Waals surface area (Å²) in [5, 5.41) is 9.04. The van der Waals surface area contributed by atoms with E-state index in [0.29, 0.717) is 6.61 Å². The Kier molecular flexibility index (Phi) is 2.89. The van der Waals surface area contributed by atoms with Gasteiger partial charge in [-0.15, -0.1) is 0 Å². The first-order valence-corrected chi connectivity index (χ1v) is 5.64. The monoisotopic (exact) mass is 183 g/mol. The Balaban J connectivity index is 1.88. The summed E-state index contributed by atoms with van der Waals surface area (Å²) >= 11 is 0. The molecule has 2 unspecified atom stereocenters. The Morgan fingerprint density at radius 2 is 2.15 bits per heavy atom. The molecule has 2 heteroatoms. The summed E-state index contributed by atoms with van der Waals surface area (Å²) in [5.41, 5.74) is 0. The van der Waals surface area contributed by atoms with Gasteiger partial charge in [0.1, 0.15) is 0 Å². The van der Waals surface area contributed by atoms with E-state index in [2.05, 4.69) is 11.9 Å². The van der Waals surface area contributed by atoms with Gasteiger partial charge in [-0.1, -0.05) is 19.3 Å². The van der Waals surface area contributed by atoms with Gasteiger partial charge in [-0.25, -0.2) is 0 Å². The molecule has 2 aliphatic rings. The summed E-state index contributed by atoms with van der Waals surface area (Å²) < 4.78 is 0. The molecule has 0 bridgehead atoms. The topological polar surface area (TPSA) is 23.5 Å². The maximum atomic E-state index is 9.04. The molecule has 1 heterocycles. The first-order valence-electron chi connectivity index (χ1n) is 5.64. The molecule has 13 heavy (non-hydrogen) atoms. The fourth-order valence-corrected chi connectivity index (χ4v) is 2.84. The van der Waals surface area contributed by atoms with Crippen molar-refractivity contribution in [2.45, 2.75) is 38.1 Å². The highest BCUT2D eigenvalue weighted by Gasteiger charge is 2.38. The standard InChI is InChI=1S/C11H21NO/c1-12-7-5-11(12)10(6-8-13)9-3-2-4-9/h9-11,13H,2-8H2,1H3. The zero-order valence-electron chi connectivity index (χ0n) is 8.58. The van der Waals surface area contributed by atoms with Crippen molar-refractivity contribution in [3.8, 4) is 0 Å². The highest BCUT2D eigenvalue weighted by molar-refractivity contribution is 4.91. The van der Waals surface area contributed by atoms with Crippen LogP contribution in [0.4, 0.5) is 0 Å². The van der Waals surface area contributed by atoms with E-state index in [9.17, 15) is 0 Å². The Morgan fingerprint density at radius 3 is 2.46 bits per heavy atom. The van der Waals surface area contributed by atoms with E-state index in [1.54, 1.807) is 0 Å². The van der Waals surface area contributed by atoms with Gasteiger partial charge in [0.15, 0.2) is 0 Å². The Bertz CT molecular complexity index is 167. The summed E-state index contributed by atoms with van der Waals surface area (Å²) in [7, 11) is 2.22. The second-order valence-electron chi connectivity index (χ2n) is 4.70. The molecule has 2 rings (SSSR count). The minimum atomic E-state index is 0.380. The van der Waals surface area contributed by atoms with Crippen LogP contribution >= 0.6 is 0 Å². The van der Waals surface area contributed by atoms with Crippen molar-refractivity contribution in [2.75, 3.05) is 20.2 Å². The number of likely N-dealkylation sites (tertiary alicyclic amines) is 1. The summed E-state index contributed by atoms with van der Waals surface area (Å²) in [6, 6.07) is 0.789. The minimum absolute atomic E-state index is 0.380. The normalized spacial score (nSPS) is 32.3. The molecule has 0 aromatic heterocycles. The van der Waals surface area contributed by atoms with Crippen LogP contribution in [0.15, 0.2) is 0 Å². The van der Waals surface area contributed by atoms with Gasteiger partial charge >= 0.3 is 0 Å². The molecule has 1 saturated carbocycles. The number of hydrogen-bond donors (Lipinski definition) is 1. The lowest BCUT2D eigenvalue weighted by Gasteiger charge is -2.48. The van der Waals surface area contributed by atoms with Gasteiger partial charge in [-0.2, -0.15) is 0 Å². The van der Waals surface area contributed by atoms with Crippen LogP contribution in [0.25, 0.3) is 0 Å². The van der Waals surface area contributed by atoms with Crippen LogP contribution in [0.3, 0.4) is 0 Å². The van der Waals surface area contributed by atoms with Crippen LogP contribution in [0.1, 0.15) is 32.1 Å². The maximum absolute atomic E-state index is 9.04. The molecule has 76 valence electrons. The number of hydrogen-bond acceptors (Lipinski definition) is 2. The molecule has 1 N–H and O–H groups in total. The zero-order valence-corrected chi connectivity index (χ0v) is 8.58. The maximum Gasteiger partial charge on any atom is 0.0434 e. The van der Waals surface area contributed by atoms with Crippen molar-refractivity contribution < 1.29 is 5.11 Å². The van der Waals surface area contributed by atoms with Gasteiger partial charge in [-0.3, -0.25) is 0 Å². The van der Waals surface area contributed by atoms with Gasteiger partial charge in [0, 0.05) is 12.6 Å². The van der Waals surface area contributed by atoms with Gasteiger partial charge in [0.25, 0.3) is 0 Å². The number of rotatable bonds is 4. The Hall–Kier alpha value is -0.0800. The van der Waals surface area contributed by atoms with E-state index in [0.717, 1.165) is 24.3 Å². The first kappa shape index (κ1) is 9.47. The average Bonchev–Trinajstić information content (AvgIpc) is 1.99. The van der Waals surface area contributed by atoms with Crippen LogP contribution in [-0.4, -0.2) is 36.2 Å². The van der Waals surface area contributed by atoms with Crippen molar-refractivity contribution in [1.82, 2.24) is 4.90 Å². The zero-order chi connectivity index (χ0) is 9.26. The lowest BCUT2D eigenvalue weighted by molar-refractivity contribution is 0.0105. The molecule has 1 saturated heterocycles. The molecule has 1 aliphatic carbocycles. The lowest BCUT2D eigenvalue weighted by atomic mass is 9.69. The molecular weight excluding hydrogens is 162 g/mol. The summed E-state index contributed by atoms with van der Waals surface area (Å²) in [4.78, 5) is 2.46. The van der Waals surface area contributed by atoms with Gasteiger partial charge in [-0.05, 0) is 38.3 Å². The van der Waals surface area contributed by atoms with Crippen molar-refractivity contribution in [3.05, 3.63) is 0 Å². The van der Waals surface area contributed by atoms with Crippen LogP contribution in [0, 0.1) is 11.8 Å². The fourth-order valence-electron chi connectivity index (χ4n) is 2.84. The third-order valence-electron chi connectivity index (χ3n) is 4.06. The molecular formula is C11H21NO. The third-order valence-corrected chi connectivity index (χ3v) is 4.06. The number of aliphatic hydroxyl groups is 1. The van der Waals surface area contributed by atoms with E-state index in [1.165, 1.54) is 32.2 Å². The molecule has 2 atom stereocenters. The summed E-state index contributed by atoms with van der Waals surface area (Å²) in [6.45, 7) is 1.64. The molecule has 0 aromatic carbocycles. The van der Waals surface area contributed by atoms with Crippen LogP contribution in [0.5, 0.6) is 0 Å². The largest absolute Gasteiger partial charge is 0.396 e. The number of nitrogens with zero attached hydrogens (tertiary/aromatic N) is 1. The van der Waals surface area contributed by atoms with E-state index in [4.69, 9.17) is 5.11 Å². The third kappa shape index (κ3) is 1.75. The van der Waals surface area contributed by atoms with Crippen molar-refractivity contribution in [3.63, 3.8) is 0 Å². The average molecular weight is 183 g/mol. The molecule has 0 aromatic rings. The Morgan fingerprint density at radius 1 is 1.38 bits per heavy atom. The number of aliphatic hydroxyl groups excluding tert-OH is 1. The second-order valence-corrected chi connectivity index (χ2v) is 4.70. The van der Waals surface area contributed by atoms with Gasteiger partial charge in [0.2, 0.25) is 0 Å². The van der Waals surface area contributed by atoms with Crippen molar-refractivity contribution >= 4 is 0 Å². The lowest BCUT2D eigenvalue weighted by Crippen LogP contribution is -2.52. The van der Waals surface area contributed by atoms with E-state index < -0.39 is 0 Å². The summed E-state index contributed by atoms with van der Waals surface area (Å²) in [5.74, 6) is 1.72. The fraction of sp³-hybridized carbons (Fsp3) is 1.00. The molecule has 0 radical (unpaired) electrons. The van der Waals surface area contributed by atoms with E-state index in [-0.39, 0.29) is 0 Å². The van der Waals surface area contributed by atoms with E-state index in [1.807, 2.05) is 0 Å². The predicted octanol–water partition coefficient (Wildman–Crippen LogP) is 1.49. The van der Waals surface area contributed by atoms with Crippen LogP contribution in [0.2, 0.25) is 0 Å². The van der Waals surface area contributed by atoms with Crippen molar-refractivity contribution in [2.24, 2.45) is 11.8 Å². The van der Waals surface area contributed by atoms with Gasteiger partial charge in [0.05, 0.1) is 0 Å². The highest BCUT2D eigenvalue weighted by atomic mass is 16.3. The predicted molar refractivity (Wildman–Crippen MR) is 53.6 cm³/mol. The highest BCUT2D eigenvalue weighted by Crippen LogP contribution is 2.41. The van der Waals surface area contributed by atoms with Gasteiger partial charge < -0.3 is 10.0 Å². The van der Waals surface area contributed by atoms with Crippen LogP contribution < -0.4 is 0 Å². The molecule has 2 nitrogen and oxygen atoms in total. The van der Waals surface area contributed by atoms with Crippen LogP contribution in [-0.2, 0) is 0 Å².